The Hall–Kier alpha value is -0.279. The Morgan fingerprint density at radius 1 is 0.724 bits per heavy atom. The van der Waals surface area contributed by atoms with Gasteiger partial charge in [0.1, 0.15) is 8.80 Å². The van der Waals surface area contributed by atoms with Crippen LogP contribution in [0.5, 0.6) is 0 Å². The maximum Gasteiger partial charge on any atom is 4.00 e. The third-order valence-electron chi connectivity index (χ3n) is 5.14. The molecule has 1 aliphatic rings. The van der Waals surface area contributed by atoms with Gasteiger partial charge in [0.05, 0.1) is 0 Å². The third-order valence-corrected chi connectivity index (χ3v) is 8.18. The first-order chi connectivity index (χ1) is 11.9. The largest absolute Gasteiger partial charge is 4.00 e. The maximum absolute atomic E-state index is 3.82. The van der Waals surface area contributed by atoms with E-state index < -0.39 is 8.80 Å². The summed E-state index contributed by atoms with van der Waals surface area (Å²) in [5.41, 5.74) is 8.43. The minimum absolute atomic E-state index is 0. The van der Waals surface area contributed by atoms with Gasteiger partial charge in [0.15, 0.2) is 0 Å². The molecule has 0 N–H and O–H groups in total. The molecule has 0 heterocycles. The van der Waals surface area contributed by atoms with Gasteiger partial charge in [-0.3, -0.25) is 6.08 Å². The summed E-state index contributed by atoms with van der Waals surface area (Å²) in [4.78, 5) is 0. The fraction of sp³-hybridized carbons (Fsp3) is 0.333. The molecule has 154 valence electrons. The molecule has 1 aliphatic carbocycles. The van der Waals surface area contributed by atoms with Crippen molar-refractivity contribution in [1.82, 2.24) is 0 Å². The van der Waals surface area contributed by atoms with Crippen LogP contribution >= 0.6 is 0 Å². The molecule has 0 atom stereocenters. The Morgan fingerprint density at radius 3 is 1.41 bits per heavy atom. The van der Waals surface area contributed by atoms with Crippen LogP contribution < -0.4 is 47.6 Å². The van der Waals surface area contributed by atoms with Crippen LogP contribution in [0.1, 0.15) is 48.9 Å². The van der Waals surface area contributed by atoms with Crippen LogP contribution in [0.2, 0.25) is 0 Å². The van der Waals surface area contributed by atoms with Gasteiger partial charge in [0.2, 0.25) is 0 Å². The Balaban J connectivity index is 0. The maximum atomic E-state index is 3.82. The van der Waals surface area contributed by atoms with Crippen LogP contribution in [0.15, 0.2) is 52.7 Å². The van der Waals surface area contributed by atoms with Crippen molar-refractivity contribution < 1.29 is 58.9 Å². The number of halogens is 3. The number of hydrogen-bond donors (Lipinski definition) is 0. The van der Waals surface area contributed by atoms with E-state index in [1.54, 1.807) is 5.20 Å². The van der Waals surface area contributed by atoms with Gasteiger partial charge in [0, 0.05) is 0 Å². The number of rotatable bonds is 4. The van der Waals surface area contributed by atoms with Crippen molar-refractivity contribution in [1.29, 1.82) is 0 Å². The van der Waals surface area contributed by atoms with Gasteiger partial charge in [-0.1, -0.05) is 88.8 Å². The van der Waals surface area contributed by atoms with Crippen LogP contribution in [0.4, 0.5) is 0 Å². The Kier molecular flexibility index (Phi) is 14.1. The zero-order valence-corrected chi connectivity index (χ0v) is 23.1. The second-order valence-corrected chi connectivity index (χ2v) is 10.6. The molecular weight excluding hydrogens is 471 g/mol. The van der Waals surface area contributed by atoms with Crippen molar-refractivity contribution in [2.75, 3.05) is 0 Å². The van der Waals surface area contributed by atoms with Crippen LogP contribution in [-0.4, -0.2) is 8.80 Å². The van der Waals surface area contributed by atoms with Gasteiger partial charge in [-0.2, -0.15) is 5.20 Å². The van der Waals surface area contributed by atoms with E-state index in [0.29, 0.717) is 0 Å². The van der Waals surface area contributed by atoms with Gasteiger partial charge in [-0.15, -0.1) is 6.92 Å². The summed E-state index contributed by atoms with van der Waals surface area (Å²) in [6.45, 7) is 13.4. The molecule has 0 unspecified atom stereocenters. The third kappa shape index (κ3) is 7.42. The SMILES string of the molecule is CCC1=C(C)CC([SiH](c2cc(C)cc(C)c2)c2cc(C)cc(C)c2)=[C-]1.[Cl-].[Cl-].[Cl-].[Ti+4]. The molecule has 29 heavy (non-hydrogen) atoms. The van der Waals surface area contributed by atoms with E-state index in [2.05, 4.69) is 84.0 Å². The molecule has 0 bridgehead atoms. The van der Waals surface area contributed by atoms with Gasteiger partial charge in [-0.25, -0.2) is 11.1 Å². The van der Waals surface area contributed by atoms with E-state index >= 15 is 0 Å². The number of allylic oxidation sites excluding steroid dienone is 4. The summed E-state index contributed by atoms with van der Waals surface area (Å²) in [7, 11) is -1.44. The van der Waals surface area contributed by atoms with E-state index in [0.717, 1.165) is 12.8 Å². The molecule has 2 aromatic rings. The van der Waals surface area contributed by atoms with Crippen LogP contribution in [0.25, 0.3) is 0 Å². The monoisotopic (exact) mass is 498 g/mol. The van der Waals surface area contributed by atoms with Crippen molar-refractivity contribution in [2.24, 2.45) is 0 Å². The Labute approximate surface area is 212 Å². The van der Waals surface area contributed by atoms with E-state index in [9.17, 15) is 0 Å². The van der Waals surface area contributed by atoms with Crippen molar-refractivity contribution in [2.45, 2.75) is 54.4 Å². The van der Waals surface area contributed by atoms with Crippen LogP contribution in [0.3, 0.4) is 0 Å². The van der Waals surface area contributed by atoms with E-state index in [4.69, 9.17) is 0 Å². The second-order valence-electron chi connectivity index (χ2n) is 7.71. The summed E-state index contributed by atoms with van der Waals surface area (Å²) in [6.07, 6.45) is 6.03. The summed E-state index contributed by atoms with van der Waals surface area (Å²) in [5.74, 6) is 0. The first kappa shape index (κ1) is 30.9. The summed E-state index contributed by atoms with van der Waals surface area (Å²) < 4.78 is 0. The molecule has 0 nitrogen and oxygen atoms in total. The van der Waals surface area contributed by atoms with Gasteiger partial charge < -0.3 is 37.2 Å². The molecule has 0 saturated heterocycles. The molecule has 0 radical (unpaired) electrons. The molecule has 5 heteroatoms. The minimum Gasteiger partial charge on any atom is -1.00 e. The van der Waals surface area contributed by atoms with Gasteiger partial charge in [0.25, 0.3) is 0 Å². The predicted molar refractivity (Wildman–Crippen MR) is 113 cm³/mol. The summed E-state index contributed by atoms with van der Waals surface area (Å²) in [5, 5.41) is 4.63. The minimum atomic E-state index is -1.44. The van der Waals surface area contributed by atoms with E-state index in [1.807, 2.05) is 0 Å². The van der Waals surface area contributed by atoms with Crippen molar-refractivity contribution in [3.8, 4) is 0 Å². The molecule has 3 rings (SSSR count). The molecular formula is C24H29Cl3SiTi. The molecule has 0 saturated carbocycles. The molecule has 0 spiro atoms. The molecule has 0 aromatic heterocycles. The average Bonchev–Trinajstić information content (AvgIpc) is 2.86. The Bertz CT molecular complexity index is 796. The predicted octanol–water partition coefficient (Wildman–Crippen LogP) is -4.33. The first-order valence-electron chi connectivity index (χ1n) is 9.35. The molecule has 2 aromatic carbocycles. The average molecular weight is 500 g/mol. The zero-order valence-electron chi connectivity index (χ0n) is 18.1. The summed E-state index contributed by atoms with van der Waals surface area (Å²) >= 11 is 0. The molecule has 0 fully saturated rings. The van der Waals surface area contributed by atoms with E-state index in [-0.39, 0.29) is 58.9 Å². The van der Waals surface area contributed by atoms with Crippen molar-refractivity contribution >= 4 is 19.2 Å². The standard InChI is InChI=1S/C24H29Si.3ClH.Ti/c1-7-21-15-24(14-20(21)6)25(22-10-16(2)8-17(3)11-22)23-12-18(4)9-19(5)13-23;;;;/h8-13,25H,7,14H2,1-6H3;3*1H;/q-1;;;;+4/p-3. The molecule has 0 aliphatic heterocycles. The zero-order chi connectivity index (χ0) is 18.1. The second kappa shape index (κ2) is 13.2. The van der Waals surface area contributed by atoms with Crippen LogP contribution in [-0.2, 0) is 21.7 Å². The quantitative estimate of drug-likeness (QED) is 0.295. The number of benzene rings is 2. The molecule has 0 amide bonds. The van der Waals surface area contributed by atoms with Crippen LogP contribution in [0, 0.1) is 33.8 Å². The summed E-state index contributed by atoms with van der Waals surface area (Å²) in [6, 6.07) is 14.2. The number of hydrogen-bond acceptors (Lipinski definition) is 0. The van der Waals surface area contributed by atoms with Gasteiger partial charge >= 0.3 is 21.7 Å². The Morgan fingerprint density at radius 2 is 1.10 bits per heavy atom. The smallest absolute Gasteiger partial charge is 1.00 e. The van der Waals surface area contributed by atoms with Crippen molar-refractivity contribution in [3.05, 3.63) is 81.1 Å². The normalized spacial score (nSPS) is 12.4. The number of aryl methyl sites for hydroxylation is 4. The fourth-order valence-corrected chi connectivity index (χ4v) is 7.99. The first-order valence-corrected chi connectivity index (χ1v) is 11.1. The van der Waals surface area contributed by atoms with Crippen molar-refractivity contribution in [3.63, 3.8) is 0 Å². The topological polar surface area (TPSA) is 0 Å². The van der Waals surface area contributed by atoms with Gasteiger partial charge in [-0.05, 0) is 27.7 Å². The fourth-order valence-electron chi connectivity index (χ4n) is 4.25. The van der Waals surface area contributed by atoms with E-state index in [1.165, 1.54) is 43.8 Å².